The van der Waals surface area contributed by atoms with E-state index in [-0.39, 0.29) is 5.54 Å². The highest BCUT2D eigenvalue weighted by atomic mass is 15.2. The monoisotopic (exact) mass is 288 g/mol. The molecule has 0 heterocycles. The second-order valence-corrected chi connectivity index (χ2v) is 6.72. The van der Waals surface area contributed by atoms with Crippen LogP contribution in [0.3, 0.4) is 0 Å². The summed E-state index contributed by atoms with van der Waals surface area (Å²) in [6, 6.07) is 8.76. The van der Waals surface area contributed by atoms with Gasteiger partial charge < -0.3 is 5.73 Å². The van der Waals surface area contributed by atoms with Gasteiger partial charge in [-0.1, -0.05) is 44.5 Å². The lowest BCUT2D eigenvalue weighted by Gasteiger charge is -2.47. The van der Waals surface area contributed by atoms with Crippen molar-refractivity contribution in [1.82, 2.24) is 4.90 Å². The lowest BCUT2D eigenvalue weighted by Crippen LogP contribution is -2.55. The number of aryl methyl sites for hydroxylation is 1. The minimum absolute atomic E-state index is 0.225. The fourth-order valence-electron chi connectivity index (χ4n) is 3.88. The number of benzene rings is 1. The van der Waals surface area contributed by atoms with Crippen LogP contribution in [-0.4, -0.2) is 23.5 Å². The van der Waals surface area contributed by atoms with E-state index in [1.54, 1.807) is 0 Å². The van der Waals surface area contributed by atoms with Gasteiger partial charge >= 0.3 is 0 Å². The predicted octanol–water partition coefficient (Wildman–Crippen LogP) is 4.11. The predicted molar refractivity (Wildman–Crippen MR) is 91.3 cm³/mol. The van der Waals surface area contributed by atoms with Crippen molar-refractivity contribution in [3.63, 3.8) is 0 Å². The van der Waals surface area contributed by atoms with Crippen LogP contribution in [0.4, 0.5) is 0 Å². The first-order chi connectivity index (χ1) is 10.1. The molecule has 0 spiro atoms. The van der Waals surface area contributed by atoms with Gasteiger partial charge in [0.25, 0.3) is 0 Å². The Hall–Kier alpha value is -0.860. The molecule has 0 aliphatic heterocycles. The zero-order chi connectivity index (χ0) is 15.3. The van der Waals surface area contributed by atoms with Gasteiger partial charge in [0.1, 0.15) is 0 Å². The van der Waals surface area contributed by atoms with Gasteiger partial charge in [0.05, 0.1) is 0 Å². The molecule has 2 rings (SSSR count). The van der Waals surface area contributed by atoms with Crippen LogP contribution in [0, 0.1) is 12.8 Å². The van der Waals surface area contributed by atoms with E-state index in [2.05, 4.69) is 49.9 Å². The zero-order valence-corrected chi connectivity index (χ0v) is 14.1. The van der Waals surface area contributed by atoms with Gasteiger partial charge in [0.15, 0.2) is 0 Å². The largest absolute Gasteiger partial charge is 0.329 e. The Balaban J connectivity index is 2.13. The SMILES string of the molecule is CCC1CCC(CN)(N(CC)Cc2ccccc2C)CC1. The maximum atomic E-state index is 6.25. The lowest BCUT2D eigenvalue weighted by atomic mass is 9.74. The standard InChI is InChI=1S/C19H32N2/c1-4-17-10-12-19(15-20,13-11-17)21(5-2)14-18-9-7-6-8-16(18)3/h6-9,17H,4-5,10-15,20H2,1-3H3. The Morgan fingerprint density at radius 3 is 2.38 bits per heavy atom. The normalized spacial score (nSPS) is 26.2. The molecule has 1 aliphatic carbocycles. The molecule has 0 bridgehead atoms. The Kier molecular flexibility index (Phi) is 5.83. The third-order valence-electron chi connectivity index (χ3n) is 5.67. The van der Waals surface area contributed by atoms with E-state index in [0.717, 1.165) is 25.6 Å². The summed E-state index contributed by atoms with van der Waals surface area (Å²) in [4.78, 5) is 2.64. The molecule has 2 heteroatoms. The number of nitrogens with two attached hydrogens (primary N) is 1. The minimum Gasteiger partial charge on any atom is -0.329 e. The van der Waals surface area contributed by atoms with Crippen LogP contribution in [0.5, 0.6) is 0 Å². The van der Waals surface area contributed by atoms with E-state index < -0.39 is 0 Å². The maximum absolute atomic E-state index is 6.25. The van der Waals surface area contributed by atoms with Crippen molar-refractivity contribution in [3.05, 3.63) is 35.4 Å². The van der Waals surface area contributed by atoms with E-state index in [1.165, 1.54) is 43.2 Å². The van der Waals surface area contributed by atoms with Crippen molar-refractivity contribution in [2.75, 3.05) is 13.1 Å². The van der Waals surface area contributed by atoms with E-state index in [4.69, 9.17) is 5.73 Å². The number of hydrogen-bond donors (Lipinski definition) is 1. The van der Waals surface area contributed by atoms with Gasteiger partial charge in [0, 0.05) is 18.6 Å². The highest BCUT2D eigenvalue weighted by molar-refractivity contribution is 5.25. The molecule has 0 aromatic heterocycles. The van der Waals surface area contributed by atoms with Crippen LogP contribution in [-0.2, 0) is 6.54 Å². The van der Waals surface area contributed by atoms with Gasteiger partial charge in [-0.05, 0) is 56.2 Å². The van der Waals surface area contributed by atoms with Crippen LogP contribution in [0.15, 0.2) is 24.3 Å². The molecule has 1 aromatic carbocycles. The van der Waals surface area contributed by atoms with Crippen molar-refractivity contribution in [1.29, 1.82) is 0 Å². The first-order valence-corrected chi connectivity index (χ1v) is 8.64. The van der Waals surface area contributed by atoms with Crippen molar-refractivity contribution in [3.8, 4) is 0 Å². The van der Waals surface area contributed by atoms with Gasteiger partial charge in [-0.25, -0.2) is 0 Å². The molecular weight excluding hydrogens is 256 g/mol. The fourth-order valence-corrected chi connectivity index (χ4v) is 3.88. The van der Waals surface area contributed by atoms with Gasteiger partial charge in [0.2, 0.25) is 0 Å². The average molecular weight is 288 g/mol. The number of hydrogen-bond acceptors (Lipinski definition) is 2. The number of nitrogens with zero attached hydrogens (tertiary/aromatic N) is 1. The van der Waals surface area contributed by atoms with Crippen molar-refractivity contribution >= 4 is 0 Å². The lowest BCUT2D eigenvalue weighted by molar-refractivity contribution is 0.0391. The molecule has 1 saturated carbocycles. The van der Waals surface area contributed by atoms with Crippen molar-refractivity contribution in [2.45, 2.75) is 65.0 Å². The molecule has 0 atom stereocenters. The quantitative estimate of drug-likeness (QED) is 0.853. The maximum Gasteiger partial charge on any atom is 0.0335 e. The summed E-state index contributed by atoms with van der Waals surface area (Å²) in [6.07, 6.45) is 6.55. The molecule has 0 amide bonds. The van der Waals surface area contributed by atoms with Gasteiger partial charge in [-0.3, -0.25) is 4.90 Å². The van der Waals surface area contributed by atoms with Gasteiger partial charge in [-0.15, -0.1) is 0 Å². The Bertz CT molecular complexity index is 433. The highest BCUT2D eigenvalue weighted by Gasteiger charge is 2.38. The fraction of sp³-hybridized carbons (Fsp3) is 0.684. The van der Waals surface area contributed by atoms with Crippen LogP contribution >= 0.6 is 0 Å². The molecule has 2 N–H and O–H groups in total. The Morgan fingerprint density at radius 2 is 1.86 bits per heavy atom. The molecule has 1 aliphatic rings. The smallest absolute Gasteiger partial charge is 0.0335 e. The summed E-state index contributed by atoms with van der Waals surface area (Å²) in [5, 5.41) is 0. The first kappa shape index (κ1) is 16.5. The van der Waals surface area contributed by atoms with E-state index >= 15 is 0 Å². The van der Waals surface area contributed by atoms with E-state index in [1.807, 2.05) is 0 Å². The van der Waals surface area contributed by atoms with Crippen LogP contribution in [0.25, 0.3) is 0 Å². The van der Waals surface area contributed by atoms with Crippen LogP contribution < -0.4 is 5.73 Å². The summed E-state index contributed by atoms with van der Waals surface area (Å²) in [5.41, 5.74) is 9.32. The molecule has 2 nitrogen and oxygen atoms in total. The molecule has 0 unspecified atom stereocenters. The van der Waals surface area contributed by atoms with Crippen molar-refractivity contribution < 1.29 is 0 Å². The van der Waals surface area contributed by atoms with E-state index in [9.17, 15) is 0 Å². The van der Waals surface area contributed by atoms with E-state index in [0.29, 0.717) is 0 Å². The van der Waals surface area contributed by atoms with Crippen molar-refractivity contribution in [2.24, 2.45) is 11.7 Å². The third-order valence-corrected chi connectivity index (χ3v) is 5.67. The number of rotatable bonds is 6. The first-order valence-electron chi connectivity index (χ1n) is 8.64. The molecule has 1 aromatic rings. The molecule has 21 heavy (non-hydrogen) atoms. The highest BCUT2D eigenvalue weighted by Crippen LogP contribution is 2.38. The number of likely N-dealkylation sites (N-methyl/N-ethyl adjacent to an activating group) is 1. The Morgan fingerprint density at radius 1 is 1.19 bits per heavy atom. The molecule has 0 saturated heterocycles. The summed E-state index contributed by atoms with van der Waals surface area (Å²) in [7, 11) is 0. The molecule has 0 radical (unpaired) electrons. The zero-order valence-electron chi connectivity index (χ0n) is 14.1. The summed E-state index contributed by atoms with van der Waals surface area (Å²) in [5.74, 6) is 0.918. The Labute approximate surface area is 130 Å². The molecule has 118 valence electrons. The second-order valence-electron chi connectivity index (χ2n) is 6.72. The summed E-state index contributed by atoms with van der Waals surface area (Å²) in [6.45, 7) is 9.74. The molecule has 1 fully saturated rings. The molecular formula is C19H32N2. The van der Waals surface area contributed by atoms with Crippen LogP contribution in [0.2, 0.25) is 0 Å². The minimum atomic E-state index is 0.225. The summed E-state index contributed by atoms with van der Waals surface area (Å²) >= 11 is 0. The second kappa shape index (κ2) is 7.42. The third kappa shape index (κ3) is 3.67. The average Bonchev–Trinajstić information content (AvgIpc) is 2.54. The van der Waals surface area contributed by atoms with Gasteiger partial charge in [-0.2, -0.15) is 0 Å². The summed E-state index contributed by atoms with van der Waals surface area (Å²) < 4.78 is 0. The van der Waals surface area contributed by atoms with Crippen LogP contribution in [0.1, 0.15) is 57.1 Å². The topological polar surface area (TPSA) is 29.3 Å².